The van der Waals surface area contributed by atoms with Crippen LogP contribution >= 0.6 is 0 Å². The van der Waals surface area contributed by atoms with Crippen LogP contribution in [0.5, 0.6) is 0 Å². The molecular formula is C15H20O. The fraction of sp³-hybridized carbons (Fsp3) is 0.400. The lowest BCUT2D eigenvalue weighted by Gasteiger charge is -2.01. The van der Waals surface area contributed by atoms with Crippen LogP contribution in [0.4, 0.5) is 0 Å². The van der Waals surface area contributed by atoms with Crippen molar-refractivity contribution >= 4 is 5.78 Å². The fourth-order valence-electron chi connectivity index (χ4n) is 1.62. The molecule has 0 fully saturated rings. The van der Waals surface area contributed by atoms with E-state index in [-0.39, 0.29) is 5.78 Å². The second-order valence-electron chi connectivity index (χ2n) is 4.30. The van der Waals surface area contributed by atoms with Crippen LogP contribution in [0.1, 0.15) is 38.7 Å². The van der Waals surface area contributed by atoms with E-state index in [4.69, 9.17) is 0 Å². The first-order chi connectivity index (χ1) is 7.68. The van der Waals surface area contributed by atoms with Gasteiger partial charge in [-0.15, -0.1) is 0 Å². The number of hydrogen-bond donors (Lipinski definition) is 0. The highest BCUT2D eigenvalue weighted by atomic mass is 16.1. The minimum absolute atomic E-state index is 0.288. The third-order valence-corrected chi connectivity index (χ3v) is 2.63. The number of ketones is 1. The zero-order valence-electron chi connectivity index (χ0n) is 10.2. The lowest BCUT2D eigenvalue weighted by atomic mass is 10.1. The van der Waals surface area contributed by atoms with Crippen LogP contribution in [0.2, 0.25) is 0 Å². The molecule has 0 N–H and O–H groups in total. The van der Waals surface area contributed by atoms with E-state index in [1.807, 2.05) is 6.07 Å². The van der Waals surface area contributed by atoms with E-state index < -0.39 is 0 Å². The van der Waals surface area contributed by atoms with Gasteiger partial charge in [0.1, 0.15) is 5.78 Å². The van der Waals surface area contributed by atoms with Crippen molar-refractivity contribution in [3.05, 3.63) is 47.5 Å². The van der Waals surface area contributed by atoms with Crippen molar-refractivity contribution in [2.45, 2.75) is 39.5 Å². The summed E-state index contributed by atoms with van der Waals surface area (Å²) in [5.74, 6) is 0.288. The first-order valence-electron chi connectivity index (χ1n) is 5.87. The van der Waals surface area contributed by atoms with E-state index >= 15 is 0 Å². The molecular weight excluding hydrogens is 196 g/mol. The Morgan fingerprint density at radius 1 is 1.12 bits per heavy atom. The molecule has 1 aromatic rings. The average molecular weight is 216 g/mol. The van der Waals surface area contributed by atoms with Crippen molar-refractivity contribution in [1.82, 2.24) is 0 Å². The largest absolute Gasteiger partial charge is 0.300 e. The van der Waals surface area contributed by atoms with Crippen LogP contribution in [-0.2, 0) is 11.2 Å². The summed E-state index contributed by atoms with van der Waals surface area (Å²) in [4.78, 5) is 10.8. The maximum absolute atomic E-state index is 10.8. The Morgan fingerprint density at radius 2 is 1.81 bits per heavy atom. The predicted molar refractivity (Wildman–Crippen MR) is 68.4 cm³/mol. The van der Waals surface area contributed by atoms with Gasteiger partial charge < -0.3 is 4.79 Å². The van der Waals surface area contributed by atoms with Crippen molar-refractivity contribution in [2.24, 2.45) is 0 Å². The Hall–Kier alpha value is -1.37. The molecule has 0 aliphatic carbocycles. The van der Waals surface area contributed by atoms with Gasteiger partial charge in [0.25, 0.3) is 0 Å². The second kappa shape index (κ2) is 7.00. The number of hydrogen-bond acceptors (Lipinski definition) is 1. The van der Waals surface area contributed by atoms with Gasteiger partial charge >= 0.3 is 0 Å². The zero-order valence-corrected chi connectivity index (χ0v) is 10.2. The Kier molecular flexibility index (Phi) is 5.55. The SMILES string of the molecule is CC(=O)CCCC(C)=CCc1ccccc1. The lowest BCUT2D eigenvalue weighted by molar-refractivity contribution is -0.117. The smallest absolute Gasteiger partial charge is 0.129 e. The Morgan fingerprint density at radius 3 is 2.44 bits per heavy atom. The van der Waals surface area contributed by atoms with Crippen LogP contribution < -0.4 is 0 Å². The normalized spacial score (nSPS) is 11.5. The molecule has 1 heteroatoms. The first-order valence-corrected chi connectivity index (χ1v) is 5.87. The van der Waals surface area contributed by atoms with Crippen molar-refractivity contribution < 1.29 is 4.79 Å². The summed E-state index contributed by atoms with van der Waals surface area (Å²) in [7, 11) is 0. The highest BCUT2D eigenvalue weighted by Gasteiger charge is 1.95. The molecule has 0 amide bonds. The minimum Gasteiger partial charge on any atom is -0.300 e. The van der Waals surface area contributed by atoms with Gasteiger partial charge in [0, 0.05) is 6.42 Å². The molecule has 0 unspecified atom stereocenters. The summed E-state index contributed by atoms with van der Waals surface area (Å²) in [6.07, 6.45) is 5.97. The molecule has 0 heterocycles. The number of Topliss-reactive ketones (excluding diaryl/α,β-unsaturated/α-hetero) is 1. The number of rotatable bonds is 6. The summed E-state index contributed by atoms with van der Waals surface area (Å²) in [6.45, 7) is 3.80. The maximum atomic E-state index is 10.8. The third-order valence-electron chi connectivity index (χ3n) is 2.63. The van der Waals surface area contributed by atoms with E-state index in [9.17, 15) is 4.79 Å². The lowest BCUT2D eigenvalue weighted by Crippen LogP contribution is -1.90. The van der Waals surface area contributed by atoms with Gasteiger partial charge in [-0.05, 0) is 38.7 Å². The maximum Gasteiger partial charge on any atom is 0.129 e. The standard InChI is InChI=1S/C15H20O/c1-13(7-6-8-14(2)16)11-12-15-9-4-3-5-10-15/h3-5,9-11H,6-8,12H2,1-2H3. The summed E-state index contributed by atoms with van der Waals surface area (Å²) >= 11 is 0. The number of allylic oxidation sites excluding steroid dienone is 2. The molecule has 0 saturated carbocycles. The predicted octanol–water partition coefficient (Wildman–Crippen LogP) is 3.93. The van der Waals surface area contributed by atoms with Gasteiger partial charge in [-0.25, -0.2) is 0 Å². The molecule has 86 valence electrons. The first kappa shape index (κ1) is 12.7. The van der Waals surface area contributed by atoms with Crippen molar-refractivity contribution in [1.29, 1.82) is 0 Å². The van der Waals surface area contributed by atoms with Gasteiger partial charge in [-0.3, -0.25) is 0 Å². The van der Waals surface area contributed by atoms with Gasteiger partial charge in [-0.1, -0.05) is 42.0 Å². The summed E-state index contributed by atoms with van der Waals surface area (Å²) in [5.41, 5.74) is 2.72. The third kappa shape index (κ3) is 5.50. The van der Waals surface area contributed by atoms with Crippen LogP contribution in [0.15, 0.2) is 42.0 Å². The molecule has 0 radical (unpaired) electrons. The average Bonchev–Trinajstić information content (AvgIpc) is 2.27. The highest BCUT2D eigenvalue weighted by molar-refractivity contribution is 5.75. The minimum atomic E-state index is 0.288. The van der Waals surface area contributed by atoms with Crippen LogP contribution in [0.25, 0.3) is 0 Å². The molecule has 1 rings (SSSR count). The van der Waals surface area contributed by atoms with E-state index in [2.05, 4.69) is 37.3 Å². The van der Waals surface area contributed by atoms with Crippen molar-refractivity contribution in [2.75, 3.05) is 0 Å². The topological polar surface area (TPSA) is 17.1 Å². The van der Waals surface area contributed by atoms with Crippen molar-refractivity contribution in [3.63, 3.8) is 0 Å². The van der Waals surface area contributed by atoms with Crippen molar-refractivity contribution in [3.8, 4) is 0 Å². The van der Waals surface area contributed by atoms with E-state index in [0.717, 1.165) is 19.3 Å². The summed E-state index contributed by atoms with van der Waals surface area (Å²) in [5, 5.41) is 0. The van der Waals surface area contributed by atoms with E-state index in [0.29, 0.717) is 6.42 Å². The molecule has 0 aliphatic rings. The molecule has 1 aromatic carbocycles. The fourth-order valence-corrected chi connectivity index (χ4v) is 1.62. The molecule has 1 nitrogen and oxygen atoms in total. The molecule has 0 bridgehead atoms. The number of carbonyl (C=O) groups is 1. The van der Waals surface area contributed by atoms with Crippen LogP contribution in [0, 0.1) is 0 Å². The Bertz CT molecular complexity index is 349. The zero-order chi connectivity index (χ0) is 11.8. The van der Waals surface area contributed by atoms with Gasteiger partial charge in [-0.2, -0.15) is 0 Å². The Labute approximate surface area is 98.2 Å². The quantitative estimate of drug-likeness (QED) is 0.658. The molecule has 0 aromatic heterocycles. The van der Waals surface area contributed by atoms with Crippen LogP contribution in [-0.4, -0.2) is 5.78 Å². The molecule has 0 aliphatic heterocycles. The Balaban J connectivity index is 2.31. The summed E-state index contributed by atoms with van der Waals surface area (Å²) < 4.78 is 0. The molecule has 0 atom stereocenters. The molecule has 0 spiro atoms. The van der Waals surface area contributed by atoms with Crippen LogP contribution in [0.3, 0.4) is 0 Å². The molecule has 0 saturated heterocycles. The van der Waals surface area contributed by atoms with Gasteiger partial charge in [0.2, 0.25) is 0 Å². The summed E-state index contributed by atoms with van der Waals surface area (Å²) in [6, 6.07) is 10.4. The highest BCUT2D eigenvalue weighted by Crippen LogP contribution is 2.09. The molecule has 16 heavy (non-hydrogen) atoms. The number of carbonyl (C=O) groups excluding carboxylic acids is 1. The second-order valence-corrected chi connectivity index (χ2v) is 4.30. The number of benzene rings is 1. The van der Waals surface area contributed by atoms with Gasteiger partial charge in [0.15, 0.2) is 0 Å². The van der Waals surface area contributed by atoms with Gasteiger partial charge in [0.05, 0.1) is 0 Å². The monoisotopic (exact) mass is 216 g/mol. The van der Waals surface area contributed by atoms with E-state index in [1.54, 1.807) is 6.92 Å². The van der Waals surface area contributed by atoms with E-state index in [1.165, 1.54) is 11.1 Å².